The van der Waals surface area contributed by atoms with E-state index < -0.39 is 0 Å². The van der Waals surface area contributed by atoms with Crippen molar-refractivity contribution in [3.63, 3.8) is 0 Å². The number of hydrogen-bond acceptors (Lipinski definition) is 6. The van der Waals surface area contributed by atoms with Crippen LogP contribution in [0.25, 0.3) is 0 Å². The fourth-order valence-electron chi connectivity index (χ4n) is 2.20. The summed E-state index contributed by atoms with van der Waals surface area (Å²) in [5.41, 5.74) is 0. The van der Waals surface area contributed by atoms with Gasteiger partial charge in [-0.3, -0.25) is 9.69 Å². The Morgan fingerprint density at radius 1 is 1.50 bits per heavy atom. The average molecular weight is 269 g/mol. The van der Waals surface area contributed by atoms with E-state index >= 15 is 0 Å². The number of nitrogens with one attached hydrogen (secondary N) is 1. The molecule has 0 radical (unpaired) electrons. The van der Waals surface area contributed by atoms with Gasteiger partial charge in [0.05, 0.1) is 0 Å². The molecule has 1 fully saturated rings. The Morgan fingerprint density at radius 2 is 2.28 bits per heavy atom. The van der Waals surface area contributed by atoms with Gasteiger partial charge < -0.3 is 10.2 Å². The van der Waals surface area contributed by atoms with Crippen LogP contribution in [0.1, 0.15) is 23.6 Å². The van der Waals surface area contributed by atoms with Gasteiger partial charge in [-0.15, -0.1) is 10.2 Å². The first kappa shape index (κ1) is 13.2. The predicted octanol–water partition coefficient (Wildman–Crippen LogP) is 0.746. The Kier molecular flexibility index (Phi) is 4.13. The monoisotopic (exact) mass is 269 g/mol. The number of piperazine rings is 1. The number of carbonyl (C=O) groups excluding carboxylic acids is 1. The summed E-state index contributed by atoms with van der Waals surface area (Å²) in [7, 11) is 1.77. The smallest absolute Gasteiger partial charge is 0.285 e. The summed E-state index contributed by atoms with van der Waals surface area (Å²) in [5.74, 6) is -0.00315. The van der Waals surface area contributed by atoms with Gasteiger partial charge in [-0.1, -0.05) is 18.3 Å². The third-order valence-corrected chi connectivity index (χ3v) is 4.21. The van der Waals surface area contributed by atoms with Crippen LogP contribution in [-0.4, -0.2) is 65.2 Å². The van der Waals surface area contributed by atoms with E-state index in [-0.39, 0.29) is 5.91 Å². The summed E-state index contributed by atoms with van der Waals surface area (Å²) in [4.78, 5) is 16.5. The summed E-state index contributed by atoms with van der Waals surface area (Å²) in [6, 6.07) is 0.407. The van der Waals surface area contributed by atoms with Crippen LogP contribution >= 0.6 is 11.3 Å². The average Bonchev–Trinajstić information content (AvgIpc) is 2.86. The Labute approximate surface area is 111 Å². The maximum Gasteiger partial charge on any atom is 0.285 e. The minimum Gasteiger partial charge on any atom is -0.363 e. The number of aromatic nitrogens is 2. The molecule has 0 saturated carbocycles. The Bertz CT molecular complexity index is 421. The molecule has 1 aromatic heterocycles. The summed E-state index contributed by atoms with van der Waals surface area (Å²) < 4.78 is 0. The molecular weight excluding hydrogens is 250 g/mol. The zero-order valence-corrected chi connectivity index (χ0v) is 11.8. The number of carbonyl (C=O) groups is 1. The van der Waals surface area contributed by atoms with Gasteiger partial charge in [-0.2, -0.15) is 0 Å². The van der Waals surface area contributed by atoms with Gasteiger partial charge in [0, 0.05) is 32.7 Å². The molecule has 1 N–H and O–H groups in total. The molecule has 0 bridgehead atoms. The van der Waals surface area contributed by atoms with E-state index in [0.29, 0.717) is 16.2 Å². The standard InChI is InChI=1S/C11H19N5OS/c1-4-15-5-6-16(7-8(15)2)10(17)9-13-14-11(12-3)18-9/h8H,4-7H2,1-3H3,(H,12,14). The van der Waals surface area contributed by atoms with Crippen molar-refractivity contribution in [2.24, 2.45) is 0 Å². The number of likely N-dealkylation sites (N-methyl/N-ethyl adjacent to an activating group) is 1. The van der Waals surface area contributed by atoms with Crippen LogP contribution in [0.4, 0.5) is 5.13 Å². The van der Waals surface area contributed by atoms with E-state index in [0.717, 1.165) is 26.2 Å². The molecule has 1 aliphatic rings. The SMILES string of the molecule is CCN1CCN(C(=O)c2nnc(NC)s2)CC1C. The number of anilines is 1. The maximum absolute atomic E-state index is 12.3. The highest BCUT2D eigenvalue weighted by atomic mass is 32.1. The first-order valence-electron chi connectivity index (χ1n) is 6.20. The summed E-state index contributed by atoms with van der Waals surface area (Å²) in [5, 5.41) is 11.9. The minimum atomic E-state index is -0.00315. The van der Waals surface area contributed by atoms with Gasteiger partial charge in [0.2, 0.25) is 10.1 Å². The number of nitrogens with zero attached hydrogens (tertiary/aromatic N) is 4. The van der Waals surface area contributed by atoms with E-state index in [1.165, 1.54) is 11.3 Å². The molecular formula is C11H19N5OS. The number of rotatable bonds is 3. The van der Waals surface area contributed by atoms with Gasteiger partial charge in [0.1, 0.15) is 0 Å². The fraction of sp³-hybridized carbons (Fsp3) is 0.727. The molecule has 1 amide bonds. The normalized spacial score (nSPS) is 21.1. The molecule has 0 aliphatic carbocycles. The van der Waals surface area contributed by atoms with Crippen molar-refractivity contribution >= 4 is 22.4 Å². The van der Waals surface area contributed by atoms with Crippen LogP contribution in [0.5, 0.6) is 0 Å². The second kappa shape index (κ2) is 5.62. The van der Waals surface area contributed by atoms with Crippen LogP contribution < -0.4 is 5.32 Å². The first-order valence-corrected chi connectivity index (χ1v) is 7.02. The van der Waals surface area contributed by atoms with Crippen molar-refractivity contribution < 1.29 is 4.79 Å². The summed E-state index contributed by atoms with van der Waals surface area (Å²) >= 11 is 1.30. The highest BCUT2D eigenvalue weighted by molar-refractivity contribution is 7.17. The van der Waals surface area contributed by atoms with Crippen LogP contribution in [0.3, 0.4) is 0 Å². The molecule has 1 unspecified atom stereocenters. The Morgan fingerprint density at radius 3 is 2.83 bits per heavy atom. The zero-order valence-electron chi connectivity index (χ0n) is 11.0. The molecule has 0 aromatic carbocycles. The predicted molar refractivity (Wildman–Crippen MR) is 72.1 cm³/mol. The molecule has 7 heteroatoms. The lowest BCUT2D eigenvalue weighted by atomic mass is 10.2. The summed E-state index contributed by atoms with van der Waals surface area (Å²) in [6.45, 7) is 7.81. The molecule has 2 heterocycles. The topological polar surface area (TPSA) is 61.4 Å². The van der Waals surface area contributed by atoms with Crippen LogP contribution in [-0.2, 0) is 0 Å². The van der Waals surface area contributed by atoms with E-state index in [1.807, 2.05) is 4.90 Å². The molecule has 2 rings (SSSR count). The summed E-state index contributed by atoms with van der Waals surface area (Å²) in [6.07, 6.45) is 0. The Hall–Kier alpha value is -1.21. The van der Waals surface area contributed by atoms with Crippen molar-refractivity contribution in [2.75, 3.05) is 38.5 Å². The van der Waals surface area contributed by atoms with E-state index in [4.69, 9.17) is 0 Å². The van der Waals surface area contributed by atoms with Crippen LogP contribution in [0.2, 0.25) is 0 Å². The third kappa shape index (κ3) is 2.62. The quantitative estimate of drug-likeness (QED) is 0.877. The van der Waals surface area contributed by atoms with Crippen molar-refractivity contribution in [3.8, 4) is 0 Å². The lowest BCUT2D eigenvalue weighted by molar-refractivity contribution is 0.0527. The van der Waals surface area contributed by atoms with E-state index in [2.05, 4.69) is 34.3 Å². The van der Waals surface area contributed by atoms with E-state index in [1.54, 1.807) is 7.05 Å². The molecule has 0 spiro atoms. The number of amides is 1. The Balaban J connectivity index is 2.02. The fourth-order valence-corrected chi connectivity index (χ4v) is 2.86. The highest BCUT2D eigenvalue weighted by Crippen LogP contribution is 2.18. The molecule has 1 aliphatic heterocycles. The minimum absolute atomic E-state index is 0.00315. The third-order valence-electron chi connectivity index (χ3n) is 3.28. The van der Waals surface area contributed by atoms with Crippen molar-refractivity contribution in [1.29, 1.82) is 0 Å². The second-order valence-electron chi connectivity index (χ2n) is 4.39. The molecule has 1 saturated heterocycles. The van der Waals surface area contributed by atoms with Gasteiger partial charge in [-0.05, 0) is 13.5 Å². The lowest BCUT2D eigenvalue weighted by Gasteiger charge is -2.38. The second-order valence-corrected chi connectivity index (χ2v) is 5.37. The largest absolute Gasteiger partial charge is 0.363 e. The van der Waals surface area contributed by atoms with Crippen LogP contribution in [0.15, 0.2) is 0 Å². The first-order chi connectivity index (χ1) is 8.65. The molecule has 1 atom stereocenters. The molecule has 6 nitrogen and oxygen atoms in total. The lowest BCUT2D eigenvalue weighted by Crippen LogP contribution is -2.53. The van der Waals surface area contributed by atoms with Gasteiger partial charge in [0.15, 0.2) is 0 Å². The van der Waals surface area contributed by atoms with Crippen molar-refractivity contribution in [2.45, 2.75) is 19.9 Å². The maximum atomic E-state index is 12.3. The van der Waals surface area contributed by atoms with Gasteiger partial charge in [0.25, 0.3) is 5.91 Å². The van der Waals surface area contributed by atoms with E-state index in [9.17, 15) is 4.79 Å². The van der Waals surface area contributed by atoms with Gasteiger partial charge >= 0.3 is 0 Å². The zero-order chi connectivity index (χ0) is 13.1. The number of hydrogen-bond donors (Lipinski definition) is 1. The van der Waals surface area contributed by atoms with Crippen molar-refractivity contribution in [1.82, 2.24) is 20.0 Å². The molecule has 1 aromatic rings. The molecule has 18 heavy (non-hydrogen) atoms. The van der Waals surface area contributed by atoms with Gasteiger partial charge in [-0.25, -0.2) is 0 Å². The molecule has 100 valence electrons. The van der Waals surface area contributed by atoms with Crippen LogP contribution in [0, 0.1) is 0 Å². The van der Waals surface area contributed by atoms with Crippen molar-refractivity contribution in [3.05, 3.63) is 5.01 Å². The highest BCUT2D eigenvalue weighted by Gasteiger charge is 2.28.